The van der Waals surface area contributed by atoms with Crippen molar-refractivity contribution in [3.63, 3.8) is 0 Å². The van der Waals surface area contributed by atoms with Crippen molar-refractivity contribution in [2.75, 3.05) is 13.1 Å². The van der Waals surface area contributed by atoms with E-state index in [0.717, 1.165) is 44.1 Å². The number of piperidine rings is 1. The predicted molar refractivity (Wildman–Crippen MR) is 108 cm³/mol. The van der Waals surface area contributed by atoms with Crippen LogP contribution in [-0.4, -0.2) is 38.0 Å². The summed E-state index contributed by atoms with van der Waals surface area (Å²) in [4.78, 5) is 31.2. The summed E-state index contributed by atoms with van der Waals surface area (Å²) in [5.74, 6) is 2.61. The van der Waals surface area contributed by atoms with Gasteiger partial charge in [0.05, 0.1) is 0 Å². The second-order valence-corrected chi connectivity index (χ2v) is 8.30. The number of likely N-dealkylation sites (tertiary alicyclic amines) is 1. The van der Waals surface area contributed by atoms with Gasteiger partial charge in [-0.05, 0) is 44.6 Å². The Kier molecular flexibility index (Phi) is 5.64. The molecule has 0 bridgehead atoms. The van der Waals surface area contributed by atoms with Crippen molar-refractivity contribution in [2.24, 2.45) is 5.92 Å². The zero-order valence-electron chi connectivity index (χ0n) is 16.7. The molecule has 28 heavy (non-hydrogen) atoms. The Labute approximate surface area is 166 Å². The van der Waals surface area contributed by atoms with E-state index >= 15 is 0 Å². The first kappa shape index (κ1) is 19.0. The molecule has 1 amide bonds. The molecule has 6 heteroatoms. The summed E-state index contributed by atoms with van der Waals surface area (Å²) in [5.41, 5.74) is 0.863. The molecule has 6 nitrogen and oxygen atoms in total. The highest BCUT2D eigenvalue weighted by Crippen LogP contribution is 2.31. The Morgan fingerprint density at radius 3 is 2.64 bits per heavy atom. The van der Waals surface area contributed by atoms with E-state index in [1.54, 1.807) is 16.7 Å². The van der Waals surface area contributed by atoms with Gasteiger partial charge in [0.1, 0.15) is 5.82 Å². The van der Waals surface area contributed by atoms with Gasteiger partial charge in [-0.1, -0.05) is 12.5 Å². The highest BCUT2D eigenvalue weighted by molar-refractivity contribution is 5.76. The first-order valence-corrected chi connectivity index (χ1v) is 10.6. The van der Waals surface area contributed by atoms with E-state index in [1.807, 2.05) is 24.1 Å². The van der Waals surface area contributed by atoms with Crippen LogP contribution in [0.2, 0.25) is 0 Å². The Morgan fingerprint density at radius 1 is 1.18 bits per heavy atom. The minimum Gasteiger partial charge on any atom is -0.343 e. The lowest BCUT2D eigenvalue weighted by Crippen LogP contribution is -2.39. The van der Waals surface area contributed by atoms with Crippen molar-refractivity contribution in [3.8, 4) is 0 Å². The second kappa shape index (κ2) is 8.33. The van der Waals surface area contributed by atoms with Crippen LogP contribution in [0.25, 0.3) is 0 Å². The van der Waals surface area contributed by atoms with Crippen molar-refractivity contribution < 1.29 is 4.79 Å². The van der Waals surface area contributed by atoms with Gasteiger partial charge in [0.2, 0.25) is 5.91 Å². The van der Waals surface area contributed by atoms with E-state index < -0.39 is 0 Å². The lowest BCUT2D eigenvalue weighted by Gasteiger charge is -2.33. The molecular weight excluding hydrogens is 352 g/mol. The first-order valence-electron chi connectivity index (χ1n) is 10.6. The number of amides is 1. The number of nitrogens with zero attached hydrogens (tertiary/aromatic N) is 4. The zero-order valence-corrected chi connectivity index (χ0v) is 16.7. The molecule has 4 rings (SSSR count). The third kappa shape index (κ3) is 4.05. The lowest BCUT2D eigenvalue weighted by molar-refractivity contribution is -0.132. The largest absolute Gasteiger partial charge is 0.343 e. The highest BCUT2D eigenvalue weighted by Gasteiger charge is 2.27. The van der Waals surface area contributed by atoms with Gasteiger partial charge in [0.25, 0.3) is 5.56 Å². The highest BCUT2D eigenvalue weighted by atomic mass is 16.2. The van der Waals surface area contributed by atoms with Crippen LogP contribution in [0.1, 0.15) is 56.0 Å². The average Bonchev–Trinajstić information content (AvgIpc) is 3.12. The van der Waals surface area contributed by atoms with Crippen molar-refractivity contribution in [2.45, 2.75) is 64.5 Å². The molecule has 0 unspecified atom stereocenters. The quantitative estimate of drug-likeness (QED) is 0.772. The number of aromatic nitrogens is 3. The van der Waals surface area contributed by atoms with Gasteiger partial charge in [0.15, 0.2) is 0 Å². The molecule has 1 saturated carbocycles. The van der Waals surface area contributed by atoms with Gasteiger partial charge in [-0.3, -0.25) is 9.59 Å². The number of hydrogen-bond acceptors (Lipinski definition) is 3. The third-order valence-electron chi connectivity index (χ3n) is 6.46. The van der Waals surface area contributed by atoms with Crippen LogP contribution in [0.5, 0.6) is 0 Å². The minimum absolute atomic E-state index is 0.0372. The minimum atomic E-state index is -0.0372. The number of aryl methyl sites for hydroxylation is 1. The Balaban J connectivity index is 1.30. The summed E-state index contributed by atoms with van der Waals surface area (Å²) < 4.78 is 4.03. The summed E-state index contributed by atoms with van der Waals surface area (Å²) in [6, 6.07) is 5.22. The number of hydrogen-bond donors (Lipinski definition) is 0. The van der Waals surface area contributed by atoms with Crippen molar-refractivity contribution in [1.29, 1.82) is 0 Å². The maximum atomic E-state index is 12.6. The molecule has 0 aromatic carbocycles. The molecular formula is C22H30N4O2. The fraction of sp³-hybridized carbons (Fsp3) is 0.591. The normalized spacial score (nSPS) is 18.2. The Morgan fingerprint density at radius 2 is 1.96 bits per heavy atom. The molecule has 0 radical (unpaired) electrons. The van der Waals surface area contributed by atoms with Crippen LogP contribution in [0.4, 0.5) is 0 Å². The van der Waals surface area contributed by atoms with E-state index in [-0.39, 0.29) is 11.5 Å². The fourth-order valence-electron chi connectivity index (χ4n) is 4.45. The standard InChI is InChI=1S/C22H30N4O2/c1-17-4-2-7-21(28)26(17)14-10-20(27)24-12-8-19(9-13-24)22-23-11-15-25(22)16-18-5-3-6-18/h2,4,7,11,15,18-19H,3,5-6,8-10,12-14,16H2,1H3. The molecule has 2 fully saturated rings. The SMILES string of the molecule is Cc1cccc(=O)n1CCC(=O)N1CCC(c2nccn2CC2CCC2)CC1. The molecule has 0 spiro atoms. The fourth-order valence-corrected chi connectivity index (χ4v) is 4.45. The number of imidazole rings is 1. The van der Waals surface area contributed by atoms with Crippen LogP contribution in [0.3, 0.4) is 0 Å². The topological polar surface area (TPSA) is 60.1 Å². The molecule has 150 valence electrons. The van der Waals surface area contributed by atoms with Gasteiger partial charge in [-0.25, -0.2) is 4.98 Å². The second-order valence-electron chi connectivity index (χ2n) is 8.30. The maximum absolute atomic E-state index is 12.6. The molecule has 0 atom stereocenters. The molecule has 2 aromatic heterocycles. The van der Waals surface area contributed by atoms with Crippen molar-refractivity contribution >= 4 is 5.91 Å². The van der Waals surface area contributed by atoms with Gasteiger partial charge >= 0.3 is 0 Å². The van der Waals surface area contributed by atoms with E-state index in [0.29, 0.717) is 18.9 Å². The molecule has 0 N–H and O–H groups in total. The van der Waals surface area contributed by atoms with Crippen LogP contribution in [-0.2, 0) is 17.9 Å². The lowest BCUT2D eigenvalue weighted by atomic mass is 9.85. The molecule has 1 aliphatic heterocycles. The first-order chi connectivity index (χ1) is 13.6. The van der Waals surface area contributed by atoms with Gasteiger partial charge in [-0.15, -0.1) is 0 Å². The number of pyridine rings is 1. The van der Waals surface area contributed by atoms with Crippen LogP contribution in [0, 0.1) is 12.8 Å². The Hall–Kier alpha value is -2.37. The zero-order chi connectivity index (χ0) is 19.5. The third-order valence-corrected chi connectivity index (χ3v) is 6.46. The maximum Gasteiger partial charge on any atom is 0.250 e. The molecule has 2 aliphatic rings. The summed E-state index contributed by atoms with van der Waals surface area (Å²) in [6.45, 7) is 5.02. The summed E-state index contributed by atoms with van der Waals surface area (Å²) in [7, 11) is 0. The van der Waals surface area contributed by atoms with Gasteiger partial charge < -0.3 is 14.0 Å². The van der Waals surface area contributed by atoms with Gasteiger partial charge in [0, 0.05) is 62.7 Å². The van der Waals surface area contributed by atoms with Crippen molar-refractivity contribution in [1.82, 2.24) is 19.0 Å². The van der Waals surface area contributed by atoms with Crippen LogP contribution < -0.4 is 5.56 Å². The number of carbonyl (C=O) groups is 1. The average molecular weight is 383 g/mol. The molecule has 1 aliphatic carbocycles. The molecule has 3 heterocycles. The van der Waals surface area contributed by atoms with E-state index in [1.165, 1.54) is 25.1 Å². The summed E-state index contributed by atoms with van der Waals surface area (Å²) >= 11 is 0. The number of rotatable bonds is 6. The summed E-state index contributed by atoms with van der Waals surface area (Å²) in [5, 5.41) is 0. The van der Waals surface area contributed by atoms with Crippen molar-refractivity contribution in [3.05, 3.63) is 52.5 Å². The number of carbonyl (C=O) groups excluding carboxylic acids is 1. The summed E-state index contributed by atoms with van der Waals surface area (Å²) in [6.07, 6.45) is 10.4. The molecule has 1 saturated heterocycles. The van der Waals surface area contributed by atoms with E-state index in [4.69, 9.17) is 0 Å². The Bertz CT molecular complexity index is 873. The van der Waals surface area contributed by atoms with Crippen LogP contribution in [0.15, 0.2) is 35.4 Å². The van der Waals surface area contributed by atoms with E-state index in [2.05, 4.69) is 15.7 Å². The smallest absolute Gasteiger partial charge is 0.250 e. The van der Waals surface area contributed by atoms with Crippen LogP contribution >= 0.6 is 0 Å². The monoisotopic (exact) mass is 382 g/mol. The molecule has 2 aromatic rings. The van der Waals surface area contributed by atoms with Gasteiger partial charge in [-0.2, -0.15) is 0 Å². The van der Waals surface area contributed by atoms with E-state index in [9.17, 15) is 9.59 Å². The predicted octanol–water partition coefficient (Wildman–Crippen LogP) is 2.95.